The molecule has 1 saturated carbocycles. The van der Waals surface area contributed by atoms with Crippen molar-refractivity contribution in [2.24, 2.45) is 11.7 Å². The first kappa shape index (κ1) is 10.9. The van der Waals surface area contributed by atoms with Gasteiger partial charge in [-0.3, -0.25) is 0 Å². The molecule has 0 aliphatic heterocycles. The maximum atomic E-state index is 6.00. The van der Waals surface area contributed by atoms with E-state index in [0.29, 0.717) is 24.1 Å². The molecule has 2 aromatic heterocycles. The third-order valence-electron chi connectivity index (χ3n) is 2.90. The summed E-state index contributed by atoms with van der Waals surface area (Å²) in [6.07, 6.45) is 2.96. The molecule has 0 saturated heterocycles. The topological polar surface area (TPSA) is 77.8 Å². The number of thiazole rings is 1. The summed E-state index contributed by atoms with van der Waals surface area (Å²) in [6, 6.07) is -0.0894. The smallest absolute Gasteiger partial charge is 0.243 e. The van der Waals surface area contributed by atoms with Crippen LogP contribution in [0.3, 0.4) is 0 Å². The van der Waals surface area contributed by atoms with Crippen molar-refractivity contribution in [3.8, 4) is 0 Å². The molecule has 17 heavy (non-hydrogen) atoms. The third-order valence-corrected chi connectivity index (χ3v) is 3.73. The maximum absolute atomic E-state index is 6.00. The van der Waals surface area contributed by atoms with Crippen molar-refractivity contribution in [2.45, 2.75) is 32.2 Å². The molecule has 3 rings (SSSR count). The van der Waals surface area contributed by atoms with Gasteiger partial charge in [-0.2, -0.15) is 4.98 Å². The van der Waals surface area contributed by atoms with Crippen molar-refractivity contribution >= 4 is 11.3 Å². The monoisotopic (exact) mass is 250 g/mol. The van der Waals surface area contributed by atoms with Crippen LogP contribution < -0.4 is 5.73 Å². The van der Waals surface area contributed by atoms with E-state index in [2.05, 4.69) is 15.1 Å². The first-order valence-electron chi connectivity index (χ1n) is 5.71. The summed E-state index contributed by atoms with van der Waals surface area (Å²) in [5.74, 6) is 1.76. The van der Waals surface area contributed by atoms with Crippen LogP contribution in [0.4, 0.5) is 0 Å². The summed E-state index contributed by atoms with van der Waals surface area (Å²) < 4.78 is 5.20. The van der Waals surface area contributed by atoms with Gasteiger partial charge in [0.25, 0.3) is 0 Å². The van der Waals surface area contributed by atoms with E-state index in [0.717, 1.165) is 10.7 Å². The van der Waals surface area contributed by atoms with Crippen molar-refractivity contribution in [3.63, 3.8) is 0 Å². The quantitative estimate of drug-likeness (QED) is 0.895. The molecular formula is C11H14N4OS. The molecule has 90 valence electrons. The van der Waals surface area contributed by atoms with E-state index in [-0.39, 0.29) is 6.04 Å². The minimum Gasteiger partial charge on any atom is -0.338 e. The number of nitrogens with zero attached hydrogens (tertiary/aromatic N) is 3. The van der Waals surface area contributed by atoms with Crippen LogP contribution in [0.15, 0.2) is 9.90 Å². The Labute approximate surface area is 103 Å². The number of aryl methyl sites for hydroxylation is 1. The largest absolute Gasteiger partial charge is 0.338 e. The first-order valence-corrected chi connectivity index (χ1v) is 6.59. The number of rotatable bonds is 4. The van der Waals surface area contributed by atoms with Gasteiger partial charge in [-0.05, 0) is 25.7 Å². The molecule has 1 unspecified atom stereocenters. The Balaban J connectivity index is 1.71. The highest BCUT2D eigenvalue weighted by molar-refractivity contribution is 7.09. The van der Waals surface area contributed by atoms with Gasteiger partial charge in [0.05, 0.1) is 23.2 Å². The third kappa shape index (κ3) is 2.37. The second-order valence-corrected chi connectivity index (χ2v) is 5.51. The molecule has 0 bridgehead atoms. The van der Waals surface area contributed by atoms with Gasteiger partial charge in [-0.15, -0.1) is 11.3 Å². The Hall–Kier alpha value is -1.27. The Kier molecular flexibility index (Phi) is 2.68. The highest BCUT2D eigenvalue weighted by atomic mass is 32.1. The van der Waals surface area contributed by atoms with E-state index in [4.69, 9.17) is 10.3 Å². The van der Waals surface area contributed by atoms with Gasteiger partial charge in [0.1, 0.15) is 0 Å². The Morgan fingerprint density at radius 1 is 1.53 bits per heavy atom. The molecule has 2 N–H and O–H groups in total. The van der Waals surface area contributed by atoms with E-state index in [1.165, 1.54) is 12.8 Å². The summed E-state index contributed by atoms with van der Waals surface area (Å²) >= 11 is 1.63. The second-order valence-electron chi connectivity index (χ2n) is 4.45. The normalized spacial score (nSPS) is 17.3. The summed E-state index contributed by atoms with van der Waals surface area (Å²) in [4.78, 5) is 8.71. The second kappa shape index (κ2) is 4.19. The van der Waals surface area contributed by atoms with Crippen molar-refractivity contribution in [2.75, 3.05) is 0 Å². The SMILES string of the molecule is Cc1nc(Cc2noc(C(N)C3CC3)n2)cs1. The van der Waals surface area contributed by atoms with Crippen molar-refractivity contribution in [1.82, 2.24) is 15.1 Å². The number of hydrogen-bond acceptors (Lipinski definition) is 6. The van der Waals surface area contributed by atoms with E-state index < -0.39 is 0 Å². The van der Waals surface area contributed by atoms with E-state index in [1.54, 1.807) is 11.3 Å². The number of nitrogens with two attached hydrogens (primary N) is 1. The van der Waals surface area contributed by atoms with Gasteiger partial charge in [0.2, 0.25) is 5.89 Å². The minimum atomic E-state index is -0.0894. The Morgan fingerprint density at radius 2 is 2.35 bits per heavy atom. The van der Waals surface area contributed by atoms with Crippen molar-refractivity contribution < 1.29 is 4.52 Å². The summed E-state index contributed by atoms with van der Waals surface area (Å²) in [5, 5.41) is 7.02. The van der Waals surface area contributed by atoms with Crippen LogP contribution in [0.25, 0.3) is 0 Å². The van der Waals surface area contributed by atoms with Crippen LogP contribution in [-0.2, 0) is 6.42 Å². The zero-order chi connectivity index (χ0) is 11.8. The van der Waals surface area contributed by atoms with Crippen LogP contribution >= 0.6 is 11.3 Å². The molecule has 0 spiro atoms. The zero-order valence-electron chi connectivity index (χ0n) is 9.59. The molecule has 1 fully saturated rings. The zero-order valence-corrected chi connectivity index (χ0v) is 10.4. The van der Waals surface area contributed by atoms with Crippen LogP contribution in [0.2, 0.25) is 0 Å². The van der Waals surface area contributed by atoms with Crippen molar-refractivity contribution in [3.05, 3.63) is 27.8 Å². The van der Waals surface area contributed by atoms with Gasteiger partial charge in [-0.1, -0.05) is 5.16 Å². The highest BCUT2D eigenvalue weighted by Crippen LogP contribution is 2.38. The maximum Gasteiger partial charge on any atom is 0.243 e. The Morgan fingerprint density at radius 3 is 3.00 bits per heavy atom. The van der Waals surface area contributed by atoms with Gasteiger partial charge in [0.15, 0.2) is 5.82 Å². The average molecular weight is 250 g/mol. The van der Waals surface area contributed by atoms with Crippen LogP contribution in [0, 0.1) is 12.8 Å². The Bertz CT molecular complexity index is 517. The molecule has 1 aliphatic carbocycles. The lowest BCUT2D eigenvalue weighted by molar-refractivity contribution is 0.340. The molecule has 5 nitrogen and oxygen atoms in total. The van der Waals surface area contributed by atoms with Crippen LogP contribution in [0.5, 0.6) is 0 Å². The fraction of sp³-hybridized carbons (Fsp3) is 0.545. The predicted molar refractivity (Wildman–Crippen MR) is 63.6 cm³/mol. The fourth-order valence-electron chi connectivity index (χ4n) is 1.78. The molecule has 2 aromatic rings. The van der Waals surface area contributed by atoms with E-state index in [9.17, 15) is 0 Å². The summed E-state index contributed by atoms with van der Waals surface area (Å²) in [5.41, 5.74) is 6.99. The van der Waals surface area contributed by atoms with Crippen LogP contribution in [-0.4, -0.2) is 15.1 Å². The predicted octanol–water partition coefficient (Wildman–Crippen LogP) is 1.84. The highest BCUT2D eigenvalue weighted by Gasteiger charge is 2.33. The van der Waals surface area contributed by atoms with Gasteiger partial charge >= 0.3 is 0 Å². The molecule has 0 radical (unpaired) electrons. The van der Waals surface area contributed by atoms with Gasteiger partial charge < -0.3 is 10.3 Å². The molecule has 2 heterocycles. The van der Waals surface area contributed by atoms with E-state index >= 15 is 0 Å². The molecule has 1 atom stereocenters. The number of hydrogen-bond donors (Lipinski definition) is 1. The van der Waals surface area contributed by atoms with Crippen molar-refractivity contribution in [1.29, 1.82) is 0 Å². The fourth-order valence-corrected chi connectivity index (χ4v) is 2.40. The molecule has 0 amide bonds. The lowest BCUT2D eigenvalue weighted by Crippen LogP contribution is -2.12. The summed E-state index contributed by atoms with van der Waals surface area (Å²) in [7, 11) is 0. The van der Waals surface area contributed by atoms with Crippen LogP contribution in [0.1, 0.15) is 41.3 Å². The molecule has 6 heteroatoms. The lowest BCUT2D eigenvalue weighted by atomic mass is 10.2. The molecule has 1 aliphatic rings. The molecular weight excluding hydrogens is 236 g/mol. The lowest BCUT2D eigenvalue weighted by Gasteiger charge is -2.01. The average Bonchev–Trinajstić information content (AvgIpc) is 2.93. The molecule has 0 aromatic carbocycles. The van der Waals surface area contributed by atoms with E-state index in [1.807, 2.05) is 12.3 Å². The van der Waals surface area contributed by atoms with Gasteiger partial charge in [-0.25, -0.2) is 4.98 Å². The van der Waals surface area contributed by atoms with Gasteiger partial charge in [0, 0.05) is 5.38 Å². The first-order chi connectivity index (χ1) is 8.22. The number of aromatic nitrogens is 3. The standard InChI is InChI=1S/C11H14N4OS/c1-6-13-8(5-17-6)4-9-14-11(16-15-9)10(12)7-2-3-7/h5,7,10H,2-4,12H2,1H3. The summed E-state index contributed by atoms with van der Waals surface area (Å²) in [6.45, 7) is 1.98. The minimum absolute atomic E-state index is 0.0894.